The molecule has 7 heteroatoms. The molecule has 0 aromatic heterocycles. The van der Waals surface area contributed by atoms with Crippen LogP contribution in [-0.4, -0.2) is 45.1 Å². The Kier molecular flexibility index (Phi) is 4.21. The lowest BCUT2D eigenvalue weighted by Gasteiger charge is -2.56. The second-order valence-electron chi connectivity index (χ2n) is 7.88. The minimum absolute atomic E-state index is 0.0241. The SMILES string of the molecule is CCCC1OC(CC(=O)O)C=C2C3(O)CC(=O)CC21C(=O)c1c(O)cccc13. The molecule has 1 saturated carbocycles. The first-order valence-electron chi connectivity index (χ1n) is 9.45. The number of Topliss-reactive ketones (excluding diaryl/α,β-unsaturated/α-hetero) is 2. The van der Waals surface area contributed by atoms with Gasteiger partial charge in [-0.3, -0.25) is 14.4 Å². The highest BCUT2D eigenvalue weighted by atomic mass is 16.5. The van der Waals surface area contributed by atoms with Crippen molar-refractivity contribution in [1.29, 1.82) is 0 Å². The fraction of sp³-hybridized carbons (Fsp3) is 0.476. The summed E-state index contributed by atoms with van der Waals surface area (Å²) in [5, 5.41) is 31.2. The van der Waals surface area contributed by atoms with Crippen molar-refractivity contribution in [3.63, 3.8) is 0 Å². The van der Waals surface area contributed by atoms with E-state index in [0.29, 0.717) is 18.4 Å². The third-order valence-electron chi connectivity index (χ3n) is 6.14. The van der Waals surface area contributed by atoms with Gasteiger partial charge in [0.15, 0.2) is 5.78 Å². The molecule has 28 heavy (non-hydrogen) atoms. The zero-order valence-corrected chi connectivity index (χ0v) is 15.5. The number of rotatable bonds is 4. The van der Waals surface area contributed by atoms with Crippen LogP contribution in [0.3, 0.4) is 0 Å². The summed E-state index contributed by atoms with van der Waals surface area (Å²) >= 11 is 0. The number of hydrogen-bond acceptors (Lipinski definition) is 6. The van der Waals surface area contributed by atoms with Crippen molar-refractivity contribution in [2.24, 2.45) is 5.41 Å². The minimum Gasteiger partial charge on any atom is -0.507 e. The number of phenolic OH excluding ortho intramolecular Hbond substituents is 1. The van der Waals surface area contributed by atoms with E-state index in [2.05, 4.69) is 0 Å². The van der Waals surface area contributed by atoms with E-state index in [1.165, 1.54) is 24.3 Å². The van der Waals surface area contributed by atoms with Crippen molar-refractivity contribution in [1.82, 2.24) is 0 Å². The van der Waals surface area contributed by atoms with Gasteiger partial charge in [-0.2, -0.15) is 0 Å². The first-order chi connectivity index (χ1) is 13.2. The van der Waals surface area contributed by atoms with Gasteiger partial charge in [-0.1, -0.05) is 31.6 Å². The van der Waals surface area contributed by atoms with Gasteiger partial charge in [0.25, 0.3) is 0 Å². The number of ether oxygens (including phenoxy) is 1. The number of carbonyl (C=O) groups excluding carboxylic acids is 2. The molecule has 4 atom stereocenters. The maximum atomic E-state index is 13.6. The molecule has 1 aromatic rings. The number of carbonyl (C=O) groups is 3. The van der Waals surface area contributed by atoms with E-state index < -0.39 is 35.0 Å². The van der Waals surface area contributed by atoms with Crippen LogP contribution in [0.1, 0.15) is 54.9 Å². The molecule has 0 saturated heterocycles. The van der Waals surface area contributed by atoms with Crippen molar-refractivity contribution >= 4 is 17.5 Å². The summed E-state index contributed by atoms with van der Waals surface area (Å²) in [4.78, 5) is 37.5. The van der Waals surface area contributed by atoms with Crippen molar-refractivity contribution in [2.75, 3.05) is 0 Å². The molecule has 1 aromatic carbocycles. The number of benzene rings is 1. The summed E-state index contributed by atoms with van der Waals surface area (Å²) < 4.78 is 5.98. The number of aromatic hydroxyl groups is 1. The Labute approximate surface area is 161 Å². The van der Waals surface area contributed by atoms with Crippen LogP contribution >= 0.6 is 0 Å². The number of fused-ring (bicyclic) bond motifs is 2. The average Bonchev–Trinajstić information content (AvgIpc) is 2.60. The molecule has 1 fully saturated rings. The Morgan fingerprint density at radius 1 is 1.29 bits per heavy atom. The molecule has 148 valence electrons. The van der Waals surface area contributed by atoms with Gasteiger partial charge in [0.2, 0.25) is 0 Å². The van der Waals surface area contributed by atoms with Crippen molar-refractivity contribution in [3.05, 3.63) is 41.0 Å². The molecule has 7 nitrogen and oxygen atoms in total. The zero-order chi connectivity index (χ0) is 20.3. The Morgan fingerprint density at radius 2 is 2.04 bits per heavy atom. The lowest BCUT2D eigenvalue weighted by Crippen LogP contribution is -2.62. The summed E-state index contributed by atoms with van der Waals surface area (Å²) in [5.41, 5.74) is -2.61. The smallest absolute Gasteiger partial charge is 0.306 e. The number of carboxylic acid groups (broad SMARTS) is 1. The fourth-order valence-electron chi connectivity index (χ4n) is 5.14. The zero-order valence-electron chi connectivity index (χ0n) is 15.5. The predicted octanol–water partition coefficient (Wildman–Crippen LogP) is 2.09. The maximum absolute atomic E-state index is 13.6. The highest BCUT2D eigenvalue weighted by Gasteiger charge is 2.66. The van der Waals surface area contributed by atoms with Gasteiger partial charge in [0, 0.05) is 18.4 Å². The van der Waals surface area contributed by atoms with Crippen molar-refractivity contribution < 1.29 is 34.4 Å². The van der Waals surface area contributed by atoms with Crippen LogP contribution < -0.4 is 0 Å². The lowest BCUT2D eigenvalue weighted by atomic mass is 9.50. The maximum Gasteiger partial charge on any atom is 0.306 e. The first-order valence-corrected chi connectivity index (χ1v) is 9.45. The van der Waals surface area contributed by atoms with E-state index in [0.717, 1.165) is 0 Å². The van der Waals surface area contributed by atoms with Crippen LogP contribution in [0.5, 0.6) is 5.75 Å². The second-order valence-corrected chi connectivity index (χ2v) is 7.88. The Hall–Kier alpha value is -2.51. The summed E-state index contributed by atoms with van der Waals surface area (Å²) in [7, 11) is 0. The lowest BCUT2D eigenvalue weighted by molar-refractivity contribution is -0.149. The van der Waals surface area contributed by atoms with E-state index in [1.54, 1.807) is 0 Å². The predicted molar refractivity (Wildman–Crippen MR) is 96.9 cm³/mol. The third-order valence-corrected chi connectivity index (χ3v) is 6.14. The van der Waals surface area contributed by atoms with E-state index in [-0.39, 0.29) is 41.9 Å². The number of phenols is 1. The Bertz CT molecular complexity index is 917. The summed E-state index contributed by atoms with van der Waals surface area (Å²) in [6, 6.07) is 4.44. The molecule has 3 N–H and O–H groups in total. The first kappa shape index (κ1) is 18.8. The van der Waals surface area contributed by atoms with Crippen LogP contribution in [0, 0.1) is 5.41 Å². The Morgan fingerprint density at radius 3 is 2.71 bits per heavy atom. The van der Waals surface area contributed by atoms with Gasteiger partial charge in [0.05, 0.1) is 29.6 Å². The average molecular weight is 386 g/mol. The van der Waals surface area contributed by atoms with Crippen LogP contribution in [0.25, 0.3) is 0 Å². The molecule has 4 rings (SSSR count). The molecule has 2 bridgehead atoms. The largest absolute Gasteiger partial charge is 0.507 e. The van der Waals surface area contributed by atoms with Gasteiger partial charge < -0.3 is 20.1 Å². The van der Waals surface area contributed by atoms with Gasteiger partial charge >= 0.3 is 5.97 Å². The topological polar surface area (TPSA) is 121 Å². The van der Waals surface area contributed by atoms with Crippen LogP contribution in [0.4, 0.5) is 0 Å². The monoisotopic (exact) mass is 386 g/mol. The molecule has 1 heterocycles. The molecule has 0 amide bonds. The van der Waals surface area contributed by atoms with E-state index in [9.17, 15) is 29.7 Å². The molecule has 0 spiro atoms. The van der Waals surface area contributed by atoms with E-state index >= 15 is 0 Å². The van der Waals surface area contributed by atoms with Crippen molar-refractivity contribution in [3.8, 4) is 5.75 Å². The highest BCUT2D eigenvalue weighted by molar-refractivity contribution is 6.12. The summed E-state index contributed by atoms with van der Waals surface area (Å²) in [5.74, 6) is -2.00. The number of carboxylic acids is 1. The van der Waals surface area contributed by atoms with Crippen LogP contribution in [-0.2, 0) is 19.9 Å². The van der Waals surface area contributed by atoms with Gasteiger partial charge in [-0.05, 0) is 18.1 Å². The van der Waals surface area contributed by atoms with Crippen LogP contribution in [0.15, 0.2) is 29.8 Å². The van der Waals surface area contributed by atoms with E-state index in [4.69, 9.17) is 4.74 Å². The number of ketones is 2. The molecule has 4 unspecified atom stereocenters. The van der Waals surface area contributed by atoms with Crippen LogP contribution in [0.2, 0.25) is 0 Å². The standard InChI is InChI=1S/C21H22O7/c1-2-4-16-20-9-11(22)10-21(27,15(20)7-12(28-16)8-17(24)25)13-5-3-6-14(23)18(13)19(20)26/h3,5-7,12,16,23,27H,2,4,8-10H2,1H3,(H,24,25). The quantitative estimate of drug-likeness (QED) is 0.678. The highest BCUT2D eigenvalue weighted by Crippen LogP contribution is 2.61. The summed E-state index contributed by atoms with van der Waals surface area (Å²) in [6.07, 6.45) is 0.378. The fourth-order valence-corrected chi connectivity index (χ4v) is 5.14. The van der Waals surface area contributed by atoms with Gasteiger partial charge in [-0.15, -0.1) is 0 Å². The molecular weight excluding hydrogens is 364 g/mol. The molecular formula is C21H22O7. The number of hydrogen-bond donors (Lipinski definition) is 3. The van der Waals surface area contributed by atoms with E-state index in [1.807, 2.05) is 6.92 Å². The molecule has 3 aliphatic rings. The molecule has 1 aliphatic heterocycles. The normalized spacial score (nSPS) is 33.7. The second kappa shape index (κ2) is 6.25. The molecule has 0 radical (unpaired) electrons. The minimum atomic E-state index is -1.76. The third kappa shape index (κ3) is 2.39. The Balaban J connectivity index is 2.02. The summed E-state index contributed by atoms with van der Waals surface area (Å²) in [6.45, 7) is 1.90. The van der Waals surface area contributed by atoms with Gasteiger partial charge in [-0.25, -0.2) is 0 Å². The molecule has 2 aliphatic carbocycles. The van der Waals surface area contributed by atoms with Crippen molar-refractivity contribution in [2.45, 2.75) is 56.8 Å². The van der Waals surface area contributed by atoms with Gasteiger partial charge in [0.1, 0.15) is 17.1 Å². The number of aliphatic carboxylic acids is 1. The number of aliphatic hydroxyl groups is 1.